The van der Waals surface area contributed by atoms with Crippen molar-refractivity contribution >= 4 is 11.7 Å². The van der Waals surface area contributed by atoms with Crippen molar-refractivity contribution in [3.05, 3.63) is 47.2 Å². The second kappa shape index (κ2) is 6.18. The van der Waals surface area contributed by atoms with Gasteiger partial charge in [-0.05, 0) is 24.5 Å². The van der Waals surface area contributed by atoms with E-state index in [4.69, 9.17) is 5.73 Å². The molecule has 1 aromatic heterocycles. The number of hydrogen-bond donors (Lipinski definition) is 3. The number of halogens is 3. The Labute approximate surface area is 136 Å². The first-order chi connectivity index (χ1) is 11.3. The summed E-state index contributed by atoms with van der Waals surface area (Å²) in [5, 5.41) is 9.55. The van der Waals surface area contributed by atoms with Gasteiger partial charge in [-0.3, -0.25) is 9.89 Å². The Morgan fingerprint density at radius 3 is 2.71 bits per heavy atom. The van der Waals surface area contributed by atoms with Gasteiger partial charge in [0.25, 0.3) is 0 Å². The number of carbonyl (C=O) groups excluding carboxylic acids is 1. The lowest BCUT2D eigenvalue weighted by molar-refractivity contribution is -0.137. The summed E-state index contributed by atoms with van der Waals surface area (Å²) in [5.74, 6) is 0.428. The Kier molecular flexibility index (Phi) is 4.21. The summed E-state index contributed by atoms with van der Waals surface area (Å²) in [6.07, 6.45) is -2.95. The highest BCUT2D eigenvalue weighted by molar-refractivity contribution is 5.79. The van der Waals surface area contributed by atoms with Crippen LogP contribution < -0.4 is 11.1 Å². The molecule has 1 aliphatic carbocycles. The number of anilines is 1. The summed E-state index contributed by atoms with van der Waals surface area (Å²) >= 11 is 0. The van der Waals surface area contributed by atoms with Crippen LogP contribution in [-0.2, 0) is 17.4 Å². The summed E-state index contributed by atoms with van der Waals surface area (Å²) in [4.78, 5) is 12.0. The lowest BCUT2D eigenvalue weighted by Crippen LogP contribution is -2.44. The molecular weight excluding hydrogens is 321 g/mol. The number of amides is 1. The number of H-pyrrole nitrogens is 1. The molecule has 5 nitrogen and oxygen atoms in total. The molecule has 0 radical (unpaired) electrons. The van der Waals surface area contributed by atoms with E-state index in [1.807, 2.05) is 0 Å². The molecule has 3 rings (SSSR count). The second-order valence-corrected chi connectivity index (χ2v) is 6.06. The predicted molar refractivity (Wildman–Crippen MR) is 82.1 cm³/mol. The molecule has 0 unspecified atom stereocenters. The maximum absolute atomic E-state index is 12.7. The molecule has 0 spiro atoms. The predicted octanol–water partition coefficient (Wildman–Crippen LogP) is 2.62. The SMILES string of the molecule is Nc1cc(C2CC(NC(=O)Cc3cccc(C(F)(F)F)c3)C2)[nH]n1. The Balaban J connectivity index is 1.50. The number of rotatable bonds is 4. The van der Waals surface area contributed by atoms with Crippen molar-refractivity contribution in [2.75, 3.05) is 5.73 Å². The molecule has 1 saturated carbocycles. The van der Waals surface area contributed by atoms with Crippen LogP contribution in [-0.4, -0.2) is 22.1 Å². The minimum Gasteiger partial charge on any atom is -0.382 e. The fraction of sp³-hybridized carbons (Fsp3) is 0.375. The summed E-state index contributed by atoms with van der Waals surface area (Å²) in [5.41, 5.74) is 6.09. The van der Waals surface area contributed by atoms with Crippen molar-refractivity contribution in [1.29, 1.82) is 0 Å². The molecule has 0 atom stereocenters. The Hall–Kier alpha value is -2.51. The van der Waals surface area contributed by atoms with Crippen molar-refractivity contribution in [1.82, 2.24) is 15.5 Å². The van der Waals surface area contributed by atoms with E-state index in [-0.39, 0.29) is 24.3 Å². The number of nitrogens with zero attached hydrogens (tertiary/aromatic N) is 1. The highest BCUT2D eigenvalue weighted by Crippen LogP contribution is 2.36. The zero-order chi connectivity index (χ0) is 17.3. The zero-order valence-electron chi connectivity index (χ0n) is 12.7. The van der Waals surface area contributed by atoms with Crippen LogP contribution in [0.1, 0.15) is 35.6 Å². The summed E-state index contributed by atoms with van der Waals surface area (Å²) < 4.78 is 38.0. The molecule has 1 heterocycles. The topological polar surface area (TPSA) is 83.8 Å². The standard InChI is InChI=1S/C16H17F3N4O/c17-16(18,19)11-3-1-2-9(4-11)5-15(24)21-12-6-10(7-12)13-8-14(20)23-22-13/h1-4,8,10,12H,5-7H2,(H,21,24)(H3,20,22,23). The van der Waals surface area contributed by atoms with Gasteiger partial charge in [-0.1, -0.05) is 18.2 Å². The number of nitrogens with one attached hydrogen (secondary N) is 2. The van der Waals surface area contributed by atoms with Crippen molar-refractivity contribution in [3.8, 4) is 0 Å². The van der Waals surface area contributed by atoms with Crippen LogP contribution in [0.3, 0.4) is 0 Å². The third-order valence-corrected chi connectivity index (χ3v) is 4.18. The lowest BCUT2D eigenvalue weighted by Gasteiger charge is -2.35. The molecule has 0 bridgehead atoms. The molecule has 2 aromatic rings. The first-order valence-corrected chi connectivity index (χ1v) is 7.57. The average molecular weight is 338 g/mol. The molecule has 1 amide bonds. The van der Waals surface area contributed by atoms with Gasteiger partial charge in [0.2, 0.25) is 5.91 Å². The largest absolute Gasteiger partial charge is 0.416 e. The molecule has 1 aromatic carbocycles. The highest BCUT2D eigenvalue weighted by atomic mass is 19.4. The van der Waals surface area contributed by atoms with Crippen LogP contribution >= 0.6 is 0 Å². The quantitative estimate of drug-likeness (QED) is 0.801. The number of benzene rings is 1. The van der Waals surface area contributed by atoms with E-state index in [0.717, 1.165) is 30.7 Å². The minimum absolute atomic E-state index is 0.0258. The number of nitrogen functional groups attached to an aromatic ring is 1. The van der Waals surface area contributed by atoms with E-state index in [2.05, 4.69) is 15.5 Å². The van der Waals surface area contributed by atoms with Crippen LogP contribution in [0.2, 0.25) is 0 Å². The third-order valence-electron chi connectivity index (χ3n) is 4.18. The fourth-order valence-corrected chi connectivity index (χ4v) is 2.87. The van der Waals surface area contributed by atoms with E-state index in [0.29, 0.717) is 11.4 Å². The number of aromatic amines is 1. The number of carbonyl (C=O) groups is 1. The molecule has 0 saturated heterocycles. The number of hydrogen-bond acceptors (Lipinski definition) is 3. The number of nitrogens with two attached hydrogens (primary N) is 1. The Bertz CT molecular complexity index is 735. The molecule has 0 aliphatic heterocycles. The van der Waals surface area contributed by atoms with E-state index in [1.165, 1.54) is 12.1 Å². The van der Waals surface area contributed by atoms with Crippen molar-refractivity contribution in [2.45, 2.75) is 37.4 Å². The highest BCUT2D eigenvalue weighted by Gasteiger charge is 2.33. The van der Waals surface area contributed by atoms with Gasteiger partial charge in [0.1, 0.15) is 5.82 Å². The third kappa shape index (κ3) is 3.69. The molecular formula is C16H17F3N4O. The van der Waals surface area contributed by atoms with Crippen LogP contribution in [0.25, 0.3) is 0 Å². The molecule has 1 fully saturated rings. The smallest absolute Gasteiger partial charge is 0.382 e. The monoisotopic (exact) mass is 338 g/mol. The van der Waals surface area contributed by atoms with Gasteiger partial charge in [-0.2, -0.15) is 18.3 Å². The van der Waals surface area contributed by atoms with Gasteiger partial charge in [0.15, 0.2) is 0 Å². The van der Waals surface area contributed by atoms with E-state index in [1.54, 1.807) is 6.07 Å². The first kappa shape index (κ1) is 16.4. The van der Waals surface area contributed by atoms with E-state index < -0.39 is 11.7 Å². The van der Waals surface area contributed by atoms with Crippen molar-refractivity contribution in [3.63, 3.8) is 0 Å². The van der Waals surface area contributed by atoms with Gasteiger partial charge in [0.05, 0.1) is 12.0 Å². The van der Waals surface area contributed by atoms with Crippen LogP contribution in [0.15, 0.2) is 30.3 Å². The van der Waals surface area contributed by atoms with Crippen molar-refractivity contribution in [2.24, 2.45) is 0 Å². The molecule has 4 N–H and O–H groups in total. The van der Waals surface area contributed by atoms with Crippen LogP contribution in [0.4, 0.5) is 19.0 Å². The molecule has 128 valence electrons. The van der Waals surface area contributed by atoms with Gasteiger partial charge < -0.3 is 11.1 Å². The first-order valence-electron chi connectivity index (χ1n) is 7.57. The number of aromatic nitrogens is 2. The summed E-state index contributed by atoms with van der Waals surface area (Å²) in [6.45, 7) is 0. The molecule has 24 heavy (non-hydrogen) atoms. The summed E-state index contributed by atoms with van der Waals surface area (Å²) in [7, 11) is 0. The minimum atomic E-state index is -4.40. The van der Waals surface area contributed by atoms with E-state index >= 15 is 0 Å². The average Bonchev–Trinajstić information content (AvgIpc) is 2.88. The lowest BCUT2D eigenvalue weighted by atomic mass is 9.78. The Morgan fingerprint density at radius 2 is 2.08 bits per heavy atom. The van der Waals surface area contributed by atoms with Crippen molar-refractivity contribution < 1.29 is 18.0 Å². The van der Waals surface area contributed by atoms with E-state index in [9.17, 15) is 18.0 Å². The number of alkyl halides is 3. The van der Waals surface area contributed by atoms with Gasteiger partial charge >= 0.3 is 6.18 Å². The van der Waals surface area contributed by atoms with Gasteiger partial charge in [0, 0.05) is 23.7 Å². The van der Waals surface area contributed by atoms with Gasteiger partial charge in [-0.25, -0.2) is 0 Å². The van der Waals surface area contributed by atoms with Gasteiger partial charge in [-0.15, -0.1) is 0 Å². The zero-order valence-corrected chi connectivity index (χ0v) is 12.7. The Morgan fingerprint density at radius 1 is 1.33 bits per heavy atom. The summed E-state index contributed by atoms with van der Waals surface area (Å²) in [6, 6.07) is 6.63. The maximum Gasteiger partial charge on any atom is 0.416 e. The van der Waals surface area contributed by atoms with Crippen LogP contribution in [0.5, 0.6) is 0 Å². The second-order valence-electron chi connectivity index (χ2n) is 6.06. The normalized spacial score (nSPS) is 20.5. The molecule has 1 aliphatic rings. The molecule has 8 heteroatoms. The van der Waals surface area contributed by atoms with Crippen LogP contribution in [0, 0.1) is 0 Å². The maximum atomic E-state index is 12.7. The fourth-order valence-electron chi connectivity index (χ4n) is 2.87.